The zero-order chi connectivity index (χ0) is 10.5. The van der Waals surface area contributed by atoms with E-state index in [1.165, 1.54) is 5.56 Å². The van der Waals surface area contributed by atoms with E-state index in [0.29, 0.717) is 12.4 Å². The molecule has 4 nitrogen and oxygen atoms in total. The lowest BCUT2D eigenvalue weighted by molar-refractivity contribution is 0.379. The zero-order valence-corrected chi connectivity index (χ0v) is 9.17. The minimum absolute atomic E-state index is 0.661. The summed E-state index contributed by atoms with van der Waals surface area (Å²) in [6.07, 6.45) is 2.42. The molecule has 0 atom stereocenters. The van der Waals surface area contributed by atoms with Crippen molar-refractivity contribution in [2.75, 3.05) is 6.54 Å². The lowest BCUT2D eigenvalue weighted by Crippen LogP contribution is -2.01. The molecule has 0 saturated heterocycles. The van der Waals surface area contributed by atoms with Crippen LogP contribution in [0.3, 0.4) is 0 Å². The van der Waals surface area contributed by atoms with E-state index < -0.39 is 0 Å². The Bertz CT molecular complexity index is 396. The van der Waals surface area contributed by atoms with E-state index in [1.807, 2.05) is 5.38 Å². The Morgan fingerprint density at radius 1 is 1.47 bits per heavy atom. The maximum atomic E-state index is 5.41. The fourth-order valence-corrected chi connectivity index (χ4v) is 1.96. The molecule has 0 aliphatic rings. The minimum atomic E-state index is 0.661. The number of aryl methyl sites for hydroxylation is 1. The highest BCUT2D eigenvalue weighted by Crippen LogP contribution is 2.11. The van der Waals surface area contributed by atoms with E-state index in [1.54, 1.807) is 11.3 Å². The smallest absolute Gasteiger partial charge is 0.231 e. The van der Waals surface area contributed by atoms with Crippen molar-refractivity contribution >= 4 is 11.3 Å². The van der Waals surface area contributed by atoms with Crippen molar-refractivity contribution in [1.29, 1.82) is 0 Å². The van der Waals surface area contributed by atoms with Gasteiger partial charge in [0.1, 0.15) is 0 Å². The largest absolute Gasteiger partial charge is 0.339 e. The highest BCUT2D eigenvalue weighted by molar-refractivity contribution is 7.07. The number of aromatic nitrogens is 2. The Labute approximate surface area is 92.1 Å². The Morgan fingerprint density at radius 3 is 3.13 bits per heavy atom. The summed E-state index contributed by atoms with van der Waals surface area (Å²) in [7, 11) is 0. The first-order valence-electron chi connectivity index (χ1n) is 4.91. The summed E-state index contributed by atoms with van der Waals surface area (Å²) in [5, 5.41) is 8.03. The van der Waals surface area contributed by atoms with Crippen LogP contribution in [-0.4, -0.2) is 16.7 Å². The average molecular weight is 223 g/mol. The van der Waals surface area contributed by atoms with Crippen LogP contribution < -0.4 is 5.73 Å². The topological polar surface area (TPSA) is 64.9 Å². The van der Waals surface area contributed by atoms with Crippen LogP contribution in [0.5, 0.6) is 0 Å². The molecular weight excluding hydrogens is 210 g/mol. The Kier molecular flexibility index (Phi) is 3.47. The molecule has 15 heavy (non-hydrogen) atoms. The number of thiophene rings is 1. The molecule has 0 unspecified atom stereocenters. The van der Waals surface area contributed by atoms with Gasteiger partial charge in [-0.15, -0.1) is 0 Å². The summed E-state index contributed by atoms with van der Waals surface area (Å²) in [4.78, 5) is 4.29. The van der Waals surface area contributed by atoms with Crippen LogP contribution in [0.1, 0.15) is 23.7 Å². The maximum absolute atomic E-state index is 5.41. The normalized spacial score (nSPS) is 10.7. The molecule has 2 aromatic rings. The summed E-state index contributed by atoms with van der Waals surface area (Å²) in [6.45, 7) is 0.661. The second kappa shape index (κ2) is 5.04. The molecule has 0 amide bonds. The van der Waals surface area contributed by atoms with E-state index in [9.17, 15) is 0 Å². The minimum Gasteiger partial charge on any atom is -0.339 e. The van der Waals surface area contributed by atoms with Crippen LogP contribution in [0.2, 0.25) is 0 Å². The van der Waals surface area contributed by atoms with Crippen LogP contribution in [0.4, 0.5) is 0 Å². The Morgan fingerprint density at radius 2 is 2.40 bits per heavy atom. The van der Waals surface area contributed by atoms with Crippen LogP contribution in [-0.2, 0) is 12.8 Å². The van der Waals surface area contributed by atoms with Gasteiger partial charge in [-0.2, -0.15) is 16.3 Å². The summed E-state index contributed by atoms with van der Waals surface area (Å²) >= 11 is 1.67. The standard InChI is InChI=1S/C10H13N3OS/c11-4-1-2-9-12-10(14-13-9)6-8-3-5-15-7-8/h3,5,7H,1-2,4,6,11H2. The second-order valence-corrected chi connectivity index (χ2v) is 4.08. The van der Waals surface area contributed by atoms with Gasteiger partial charge in [-0.25, -0.2) is 0 Å². The van der Waals surface area contributed by atoms with E-state index in [-0.39, 0.29) is 0 Å². The first-order valence-corrected chi connectivity index (χ1v) is 5.85. The summed E-state index contributed by atoms with van der Waals surface area (Å²) in [6, 6.07) is 2.06. The molecule has 0 saturated carbocycles. The number of nitrogens with zero attached hydrogens (tertiary/aromatic N) is 2. The molecule has 0 bridgehead atoms. The van der Waals surface area contributed by atoms with Gasteiger partial charge < -0.3 is 10.3 Å². The van der Waals surface area contributed by atoms with Gasteiger partial charge in [0.25, 0.3) is 0 Å². The van der Waals surface area contributed by atoms with Gasteiger partial charge in [-0.1, -0.05) is 5.16 Å². The number of hydrogen-bond donors (Lipinski definition) is 1. The van der Waals surface area contributed by atoms with E-state index >= 15 is 0 Å². The third-order valence-corrected chi connectivity index (χ3v) is 2.78. The maximum Gasteiger partial charge on any atom is 0.231 e. The quantitative estimate of drug-likeness (QED) is 0.836. The average Bonchev–Trinajstić information content (AvgIpc) is 2.87. The first-order chi connectivity index (χ1) is 7.38. The van der Waals surface area contributed by atoms with E-state index in [4.69, 9.17) is 10.3 Å². The predicted molar refractivity (Wildman–Crippen MR) is 58.8 cm³/mol. The summed E-state index contributed by atoms with van der Waals surface area (Å²) in [5.41, 5.74) is 6.62. The van der Waals surface area contributed by atoms with Crippen LogP contribution >= 0.6 is 11.3 Å². The molecule has 5 heteroatoms. The summed E-state index contributed by atoms with van der Waals surface area (Å²) < 4.78 is 5.14. The molecule has 0 spiro atoms. The highest BCUT2D eigenvalue weighted by Gasteiger charge is 2.06. The number of nitrogens with two attached hydrogens (primary N) is 1. The Balaban J connectivity index is 1.95. The monoisotopic (exact) mass is 223 g/mol. The van der Waals surface area contributed by atoms with Crippen LogP contribution in [0, 0.1) is 0 Å². The fraction of sp³-hybridized carbons (Fsp3) is 0.400. The summed E-state index contributed by atoms with van der Waals surface area (Å²) in [5.74, 6) is 1.44. The molecule has 0 aromatic carbocycles. The molecular formula is C10H13N3OS. The fourth-order valence-electron chi connectivity index (χ4n) is 1.29. The molecule has 2 heterocycles. The highest BCUT2D eigenvalue weighted by atomic mass is 32.1. The molecule has 2 N–H and O–H groups in total. The van der Waals surface area contributed by atoms with Gasteiger partial charge >= 0.3 is 0 Å². The number of rotatable bonds is 5. The van der Waals surface area contributed by atoms with Crippen molar-refractivity contribution in [2.24, 2.45) is 5.73 Å². The lowest BCUT2D eigenvalue weighted by atomic mass is 10.2. The van der Waals surface area contributed by atoms with Gasteiger partial charge in [0.2, 0.25) is 5.89 Å². The predicted octanol–water partition coefficient (Wildman–Crippen LogP) is 1.61. The molecule has 0 aliphatic carbocycles. The zero-order valence-electron chi connectivity index (χ0n) is 8.35. The van der Waals surface area contributed by atoms with Gasteiger partial charge in [0.05, 0.1) is 6.42 Å². The molecule has 2 rings (SSSR count). The molecule has 80 valence electrons. The van der Waals surface area contributed by atoms with Gasteiger partial charge in [0, 0.05) is 6.42 Å². The lowest BCUT2D eigenvalue weighted by Gasteiger charge is -1.89. The Hall–Kier alpha value is -1.20. The van der Waals surface area contributed by atoms with Crippen molar-refractivity contribution in [1.82, 2.24) is 10.1 Å². The molecule has 0 radical (unpaired) electrons. The van der Waals surface area contributed by atoms with Crippen molar-refractivity contribution in [3.05, 3.63) is 34.1 Å². The molecule has 0 fully saturated rings. The van der Waals surface area contributed by atoms with Crippen molar-refractivity contribution in [3.8, 4) is 0 Å². The molecule has 2 aromatic heterocycles. The van der Waals surface area contributed by atoms with Crippen molar-refractivity contribution in [2.45, 2.75) is 19.3 Å². The second-order valence-electron chi connectivity index (χ2n) is 3.30. The van der Waals surface area contributed by atoms with Crippen molar-refractivity contribution in [3.63, 3.8) is 0 Å². The van der Waals surface area contributed by atoms with Gasteiger partial charge in [-0.3, -0.25) is 0 Å². The molecule has 0 aliphatic heterocycles. The van der Waals surface area contributed by atoms with E-state index in [0.717, 1.165) is 25.1 Å². The van der Waals surface area contributed by atoms with Gasteiger partial charge in [-0.05, 0) is 35.4 Å². The van der Waals surface area contributed by atoms with Crippen molar-refractivity contribution < 1.29 is 4.52 Å². The number of hydrogen-bond acceptors (Lipinski definition) is 5. The third-order valence-electron chi connectivity index (χ3n) is 2.05. The van der Waals surface area contributed by atoms with Gasteiger partial charge in [0.15, 0.2) is 5.82 Å². The third kappa shape index (κ3) is 2.87. The first kappa shape index (κ1) is 10.3. The van der Waals surface area contributed by atoms with E-state index in [2.05, 4.69) is 21.6 Å². The van der Waals surface area contributed by atoms with Crippen LogP contribution in [0.25, 0.3) is 0 Å². The van der Waals surface area contributed by atoms with Crippen LogP contribution in [0.15, 0.2) is 21.3 Å². The SMILES string of the molecule is NCCCc1noc(Cc2ccsc2)n1.